The number of rotatable bonds is 7. The van der Waals surface area contributed by atoms with Gasteiger partial charge in [0.2, 0.25) is 0 Å². The molecule has 3 rings (SSSR count). The van der Waals surface area contributed by atoms with Crippen LogP contribution in [0.15, 0.2) is 35.7 Å². The third-order valence-electron chi connectivity index (χ3n) is 4.77. The van der Waals surface area contributed by atoms with Crippen LogP contribution in [0, 0.1) is 0 Å². The van der Waals surface area contributed by atoms with E-state index in [2.05, 4.69) is 28.6 Å². The van der Waals surface area contributed by atoms with Gasteiger partial charge in [-0.15, -0.1) is 11.3 Å². The van der Waals surface area contributed by atoms with Crippen molar-refractivity contribution in [3.05, 3.63) is 46.2 Å². The van der Waals surface area contributed by atoms with Crippen LogP contribution in [0.4, 0.5) is 0 Å². The molecular weight excluding hydrogens is 348 g/mol. The van der Waals surface area contributed by atoms with Crippen molar-refractivity contribution in [3.8, 4) is 11.5 Å². The molecule has 2 unspecified atom stereocenters. The van der Waals surface area contributed by atoms with Gasteiger partial charge in [-0.3, -0.25) is 9.69 Å². The van der Waals surface area contributed by atoms with E-state index in [-0.39, 0.29) is 5.91 Å². The summed E-state index contributed by atoms with van der Waals surface area (Å²) in [5.41, 5.74) is 1.43. The van der Waals surface area contributed by atoms with Gasteiger partial charge in [0.1, 0.15) is 11.5 Å². The fourth-order valence-corrected chi connectivity index (χ4v) is 3.97. The molecule has 0 saturated heterocycles. The minimum absolute atomic E-state index is 0.0964. The van der Waals surface area contributed by atoms with Gasteiger partial charge in [0, 0.05) is 30.6 Å². The average molecular weight is 375 g/mol. The van der Waals surface area contributed by atoms with Gasteiger partial charge in [-0.2, -0.15) is 0 Å². The van der Waals surface area contributed by atoms with Crippen LogP contribution in [-0.2, 0) is 17.8 Å². The number of fused-ring (bicyclic) bond motifs is 1. The van der Waals surface area contributed by atoms with Crippen molar-refractivity contribution < 1.29 is 14.3 Å². The highest BCUT2D eigenvalue weighted by molar-refractivity contribution is 7.10. The summed E-state index contributed by atoms with van der Waals surface area (Å²) in [4.78, 5) is 16.3. The summed E-state index contributed by atoms with van der Waals surface area (Å²) in [6.07, 6.45) is 0.558. The third kappa shape index (κ3) is 4.56. The maximum Gasteiger partial charge on any atom is 0.260 e. The van der Waals surface area contributed by atoms with Crippen molar-refractivity contribution in [2.24, 2.45) is 0 Å². The Balaban J connectivity index is 1.45. The van der Waals surface area contributed by atoms with Gasteiger partial charge in [-0.1, -0.05) is 0 Å². The van der Waals surface area contributed by atoms with E-state index in [0.717, 1.165) is 25.3 Å². The fourth-order valence-electron chi connectivity index (χ4n) is 3.08. The van der Waals surface area contributed by atoms with Crippen molar-refractivity contribution in [1.29, 1.82) is 0 Å². The third-order valence-corrected chi connectivity index (χ3v) is 5.80. The number of methoxy groups -OCH3 is 1. The molecule has 5 nitrogen and oxygen atoms in total. The van der Waals surface area contributed by atoms with E-state index in [1.807, 2.05) is 23.5 Å². The number of ether oxygens (including phenoxy) is 2. The van der Waals surface area contributed by atoms with E-state index in [4.69, 9.17) is 9.47 Å². The lowest BCUT2D eigenvalue weighted by molar-refractivity contribution is -0.127. The van der Waals surface area contributed by atoms with Crippen LogP contribution in [0.2, 0.25) is 0 Å². The summed E-state index contributed by atoms with van der Waals surface area (Å²) < 4.78 is 10.8. The monoisotopic (exact) mass is 374 g/mol. The molecule has 6 heteroatoms. The minimum atomic E-state index is -0.541. The first kappa shape index (κ1) is 18.7. The highest BCUT2D eigenvalue weighted by Gasteiger charge is 2.22. The van der Waals surface area contributed by atoms with E-state index in [9.17, 15) is 4.79 Å². The van der Waals surface area contributed by atoms with Crippen molar-refractivity contribution in [3.63, 3.8) is 0 Å². The second-order valence-corrected chi connectivity index (χ2v) is 7.62. The molecule has 1 aliphatic rings. The number of amides is 1. The quantitative estimate of drug-likeness (QED) is 0.809. The minimum Gasteiger partial charge on any atom is -0.497 e. The molecule has 0 fully saturated rings. The Kier molecular flexibility index (Phi) is 6.16. The van der Waals surface area contributed by atoms with E-state index in [1.165, 1.54) is 10.4 Å². The van der Waals surface area contributed by atoms with Crippen molar-refractivity contribution in [2.45, 2.75) is 39.0 Å². The topological polar surface area (TPSA) is 50.8 Å². The van der Waals surface area contributed by atoms with Gasteiger partial charge >= 0.3 is 0 Å². The maximum absolute atomic E-state index is 12.3. The SMILES string of the molecule is COc1ccc(OC(C)C(=O)NCC(C)N2CCc3sccc3C2)cc1. The number of benzene rings is 1. The smallest absolute Gasteiger partial charge is 0.260 e. The summed E-state index contributed by atoms with van der Waals surface area (Å²) in [6.45, 7) is 6.56. The van der Waals surface area contributed by atoms with Crippen molar-refractivity contribution in [2.75, 3.05) is 20.2 Å². The van der Waals surface area contributed by atoms with Crippen LogP contribution >= 0.6 is 11.3 Å². The summed E-state index contributed by atoms with van der Waals surface area (Å²) in [6, 6.07) is 9.74. The number of thiophene rings is 1. The lowest BCUT2D eigenvalue weighted by atomic mass is 10.1. The second-order valence-electron chi connectivity index (χ2n) is 6.62. The largest absolute Gasteiger partial charge is 0.497 e. The molecule has 1 aromatic carbocycles. The molecule has 26 heavy (non-hydrogen) atoms. The molecule has 0 bridgehead atoms. The lowest BCUT2D eigenvalue weighted by Gasteiger charge is -2.32. The molecule has 1 amide bonds. The number of carbonyl (C=O) groups is 1. The van der Waals surface area contributed by atoms with Crippen molar-refractivity contribution in [1.82, 2.24) is 10.2 Å². The van der Waals surface area contributed by atoms with Crippen molar-refractivity contribution >= 4 is 17.2 Å². The predicted octanol–water partition coefficient (Wildman–Crippen LogP) is 3.09. The molecule has 0 spiro atoms. The van der Waals surface area contributed by atoms with E-state index >= 15 is 0 Å². The molecule has 1 N–H and O–H groups in total. The Morgan fingerprint density at radius 3 is 2.69 bits per heavy atom. The number of hydrogen-bond donors (Lipinski definition) is 1. The first-order valence-corrected chi connectivity index (χ1v) is 9.82. The zero-order valence-corrected chi connectivity index (χ0v) is 16.3. The normalized spacial score (nSPS) is 16.4. The van der Waals surface area contributed by atoms with Crippen LogP contribution in [0.5, 0.6) is 11.5 Å². The van der Waals surface area contributed by atoms with Gasteiger partial charge in [-0.05, 0) is 61.5 Å². The Hall–Kier alpha value is -2.05. The fraction of sp³-hybridized carbons (Fsp3) is 0.450. The van der Waals surface area contributed by atoms with Crippen LogP contribution in [-0.4, -0.2) is 43.2 Å². The molecule has 2 atom stereocenters. The van der Waals surface area contributed by atoms with Gasteiger partial charge < -0.3 is 14.8 Å². The first-order valence-electron chi connectivity index (χ1n) is 8.94. The zero-order valence-electron chi connectivity index (χ0n) is 15.5. The van der Waals surface area contributed by atoms with Gasteiger partial charge in [0.25, 0.3) is 5.91 Å². The summed E-state index contributed by atoms with van der Waals surface area (Å²) in [5, 5.41) is 5.18. The molecule has 140 valence electrons. The average Bonchev–Trinajstić information content (AvgIpc) is 3.14. The molecule has 1 aromatic heterocycles. The molecule has 2 aromatic rings. The van der Waals surface area contributed by atoms with Gasteiger partial charge in [-0.25, -0.2) is 0 Å². The lowest BCUT2D eigenvalue weighted by Crippen LogP contribution is -2.46. The van der Waals surface area contributed by atoms with Crippen LogP contribution < -0.4 is 14.8 Å². The Labute approximate surface area is 158 Å². The van der Waals surface area contributed by atoms with Crippen LogP contribution in [0.25, 0.3) is 0 Å². The van der Waals surface area contributed by atoms with Gasteiger partial charge in [0.15, 0.2) is 6.10 Å². The molecule has 0 saturated carbocycles. The standard InChI is InChI=1S/C20H26N2O3S/c1-14(22-10-8-19-16(13-22)9-11-26-19)12-21-20(23)15(2)25-18-6-4-17(24-3)5-7-18/h4-7,9,11,14-15H,8,10,12-13H2,1-3H3,(H,21,23). The summed E-state index contributed by atoms with van der Waals surface area (Å²) in [7, 11) is 1.62. The molecule has 0 radical (unpaired) electrons. The van der Waals surface area contributed by atoms with Crippen LogP contribution in [0.1, 0.15) is 24.3 Å². The number of nitrogens with zero attached hydrogens (tertiary/aromatic N) is 1. The molecule has 1 aliphatic heterocycles. The molecule has 0 aliphatic carbocycles. The van der Waals surface area contributed by atoms with Gasteiger partial charge in [0.05, 0.1) is 7.11 Å². The highest BCUT2D eigenvalue weighted by Crippen LogP contribution is 2.25. The number of carbonyl (C=O) groups excluding carboxylic acids is 1. The van der Waals surface area contributed by atoms with Crippen LogP contribution in [0.3, 0.4) is 0 Å². The second kappa shape index (κ2) is 8.56. The molecule has 2 heterocycles. The summed E-state index contributed by atoms with van der Waals surface area (Å²) >= 11 is 1.84. The van der Waals surface area contributed by atoms with E-state index in [1.54, 1.807) is 26.2 Å². The molecular formula is C20H26N2O3S. The Bertz CT molecular complexity index is 729. The predicted molar refractivity (Wildman–Crippen MR) is 104 cm³/mol. The van der Waals surface area contributed by atoms with E-state index < -0.39 is 6.10 Å². The van der Waals surface area contributed by atoms with E-state index in [0.29, 0.717) is 18.3 Å². The Morgan fingerprint density at radius 2 is 1.96 bits per heavy atom. The number of hydrogen-bond acceptors (Lipinski definition) is 5. The maximum atomic E-state index is 12.3. The first-order chi connectivity index (χ1) is 12.6. The highest BCUT2D eigenvalue weighted by atomic mass is 32.1. The Morgan fingerprint density at radius 1 is 1.23 bits per heavy atom. The summed E-state index contributed by atoms with van der Waals surface area (Å²) in [5.74, 6) is 1.32. The number of nitrogens with one attached hydrogen (secondary N) is 1. The zero-order chi connectivity index (χ0) is 18.5.